The summed E-state index contributed by atoms with van der Waals surface area (Å²) in [6.45, 7) is 0. The predicted octanol–water partition coefficient (Wildman–Crippen LogP) is 14.3. The van der Waals surface area contributed by atoms with Gasteiger partial charge >= 0.3 is 0 Å². The molecule has 3 nitrogen and oxygen atoms in total. The van der Waals surface area contributed by atoms with Gasteiger partial charge in [-0.3, -0.25) is 4.40 Å². The molecule has 4 heteroatoms. The number of hydrogen-bond donors (Lipinski definition) is 0. The van der Waals surface area contributed by atoms with Crippen molar-refractivity contribution in [1.29, 1.82) is 5.26 Å². The zero-order valence-electron chi connectivity index (χ0n) is 30.0. The molecule has 0 unspecified atom stereocenters. The number of fused-ring (bicyclic) bond motifs is 13. The fourth-order valence-corrected chi connectivity index (χ4v) is 10.1. The summed E-state index contributed by atoms with van der Waals surface area (Å²) in [4.78, 5) is 5.53. The second kappa shape index (κ2) is 11.8. The van der Waals surface area contributed by atoms with Gasteiger partial charge in [0.05, 0.1) is 33.1 Å². The van der Waals surface area contributed by atoms with Crippen LogP contribution in [0.1, 0.15) is 5.56 Å². The topological polar surface area (TPSA) is 41.1 Å². The van der Waals surface area contributed by atoms with Crippen LogP contribution in [0.4, 0.5) is 0 Å². The number of benzene rings is 9. The molecule has 0 spiro atoms. The van der Waals surface area contributed by atoms with Crippen molar-refractivity contribution in [3.8, 4) is 39.6 Å². The van der Waals surface area contributed by atoms with Crippen LogP contribution in [0.2, 0.25) is 0 Å². The van der Waals surface area contributed by atoms with E-state index in [4.69, 9.17) is 4.98 Å². The molecule has 0 fully saturated rings. The van der Waals surface area contributed by atoms with Crippen molar-refractivity contribution in [3.05, 3.63) is 181 Å². The molecule has 9 aromatic carbocycles. The number of nitriles is 1. The first-order valence-electron chi connectivity index (χ1n) is 18.8. The number of nitrogens with zero attached hydrogens (tertiary/aromatic N) is 3. The summed E-state index contributed by atoms with van der Waals surface area (Å²) < 4.78 is 4.86. The number of hydrogen-bond acceptors (Lipinski definition) is 3. The molecule has 0 N–H and O–H groups in total. The van der Waals surface area contributed by atoms with E-state index in [-0.39, 0.29) is 0 Å². The van der Waals surface area contributed by atoms with Crippen LogP contribution in [0.25, 0.3) is 113 Å². The Morgan fingerprint density at radius 1 is 0.464 bits per heavy atom. The molecule has 0 bridgehead atoms. The van der Waals surface area contributed by atoms with E-state index >= 15 is 0 Å². The van der Waals surface area contributed by atoms with Gasteiger partial charge in [-0.25, -0.2) is 4.98 Å². The summed E-state index contributed by atoms with van der Waals surface area (Å²) in [5, 5.41) is 21.6. The second-order valence-corrected chi connectivity index (χ2v) is 15.7. The minimum absolute atomic E-state index is 0.664. The molecule has 0 saturated carbocycles. The number of imidazole rings is 1. The molecular weight excluding hydrogens is 699 g/mol. The van der Waals surface area contributed by atoms with Crippen LogP contribution in [0.15, 0.2) is 176 Å². The Morgan fingerprint density at radius 2 is 1.07 bits per heavy atom. The number of pyridine rings is 1. The molecule has 0 saturated heterocycles. The van der Waals surface area contributed by atoms with Crippen LogP contribution in [0, 0.1) is 11.3 Å². The summed E-state index contributed by atoms with van der Waals surface area (Å²) >= 11 is 1.84. The molecule has 12 aromatic rings. The fraction of sp³-hybridized carbons (Fsp3) is 0. The summed E-state index contributed by atoms with van der Waals surface area (Å²) in [5.74, 6) is 0. The minimum atomic E-state index is 0.664. The van der Waals surface area contributed by atoms with Gasteiger partial charge in [0.25, 0.3) is 0 Å². The van der Waals surface area contributed by atoms with Crippen LogP contribution < -0.4 is 0 Å². The zero-order valence-corrected chi connectivity index (χ0v) is 30.8. The van der Waals surface area contributed by atoms with Crippen LogP contribution >= 0.6 is 11.3 Å². The van der Waals surface area contributed by atoms with Gasteiger partial charge in [-0.1, -0.05) is 140 Å². The predicted molar refractivity (Wildman–Crippen MR) is 237 cm³/mol. The third-order valence-electron chi connectivity index (χ3n) is 11.6. The standard InChI is InChI=1S/C52H29N3S/c53-30-31-13-15-33(16-14-31)39-23-24-40(42-12-6-5-11-41(39)42)34-17-19-35(20-18-34)48-29-46-45-27-36-8-1-2-9-37(36)28-49(45)56-51(46)52-54-50-44-22-21-32-7-3-4-10-38(32)43(44)25-26-47(50)55(48)52/h1-29H. The molecule has 0 aliphatic rings. The molecular formula is C52H29N3S. The first kappa shape index (κ1) is 31.1. The Kier molecular flexibility index (Phi) is 6.57. The van der Waals surface area contributed by atoms with Gasteiger partial charge in [-0.2, -0.15) is 5.26 Å². The van der Waals surface area contributed by atoms with E-state index in [0.717, 1.165) is 44.6 Å². The monoisotopic (exact) mass is 727 g/mol. The highest BCUT2D eigenvalue weighted by Crippen LogP contribution is 2.44. The van der Waals surface area contributed by atoms with Crippen molar-refractivity contribution >= 4 is 91.3 Å². The SMILES string of the molecule is N#Cc1ccc(-c2ccc(-c3ccc(-c4cc5c6cc7ccccc7cc6sc5c5nc6c7ccc8ccccc8c7ccc6n45)cc3)c3ccccc23)cc1. The van der Waals surface area contributed by atoms with Crippen LogP contribution in [-0.4, -0.2) is 9.38 Å². The van der Waals surface area contributed by atoms with Crippen molar-refractivity contribution in [2.24, 2.45) is 0 Å². The van der Waals surface area contributed by atoms with Gasteiger partial charge in [0.2, 0.25) is 0 Å². The van der Waals surface area contributed by atoms with Crippen molar-refractivity contribution in [1.82, 2.24) is 9.38 Å². The molecule has 0 radical (unpaired) electrons. The van der Waals surface area contributed by atoms with Gasteiger partial charge in [-0.15, -0.1) is 11.3 Å². The summed E-state index contributed by atoms with van der Waals surface area (Å²) in [6.07, 6.45) is 0. The van der Waals surface area contributed by atoms with Crippen molar-refractivity contribution in [2.45, 2.75) is 0 Å². The molecule has 0 atom stereocenters. The summed E-state index contributed by atoms with van der Waals surface area (Å²) in [7, 11) is 0. The molecule has 12 rings (SSSR count). The molecule has 0 amide bonds. The van der Waals surface area contributed by atoms with E-state index < -0.39 is 0 Å². The van der Waals surface area contributed by atoms with Crippen LogP contribution in [0.5, 0.6) is 0 Å². The molecule has 0 aliphatic heterocycles. The smallest absolute Gasteiger partial charge is 0.156 e. The van der Waals surface area contributed by atoms with E-state index in [1.165, 1.54) is 68.8 Å². The van der Waals surface area contributed by atoms with E-state index in [0.29, 0.717) is 5.56 Å². The van der Waals surface area contributed by atoms with Crippen LogP contribution in [0.3, 0.4) is 0 Å². The Balaban J connectivity index is 1.08. The van der Waals surface area contributed by atoms with Gasteiger partial charge < -0.3 is 0 Å². The maximum atomic E-state index is 9.34. The lowest BCUT2D eigenvalue weighted by Gasteiger charge is -2.13. The summed E-state index contributed by atoms with van der Waals surface area (Å²) in [6, 6.07) is 65.5. The third-order valence-corrected chi connectivity index (χ3v) is 12.8. The first-order valence-corrected chi connectivity index (χ1v) is 19.7. The average molecular weight is 728 g/mol. The molecule has 56 heavy (non-hydrogen) atoms. The largest absolute Gasteiger partial charge is 0.291 e. The maximum Gasteiger partial charge on any atom is 0.156 e. The van der Waals surface area contributed by atoms with Crippen LogP contribution in [-0.2, 0) is 0 Å². The number of rotatable bonds is 3. The Hall–Kier alpha value is -7.32. The van der Waals surface area contributed by atoms with Crippen molar-refractivity contribution < 1.29 is 0 Å². The Morgan fingerprint density at radius 3 is 1.79 bits per heavy atom. The third kappa shape index (κ3) is 4.53. The highest BCUT2D eigenvalue weighted by molar-refractivity contribution is 7.26. The lowest BCUT2D eigenvalue weighted by Crippen LogP contribution is -1.93. The molecule has 3 aromatic heterocycles. The number of aromatic nitrogens is 2. The van der Waals surface area contributed by atoms with Gasteiger partial charge in [0.1, 0.15) is 0 Å². The van der Waals surface area contributed by atoms with Crippen molar-refractivity contribution in [2.75, 3.05) is 0 Å². The Labute approximate surface area is 325 Å². The molecule has 0 aliphatic carbocycles. The summed E-state index contributed by atoms with van der Waals surface area (Å²) in [5.41, 5.74) is 10.7. The van der Waals surface area contributed by atoms with E-state index in [1.807, 2.05) is 35.6 Å². The molecule has 258 valence electrons. The second-order valence-electron chi connectivity index (χ2n) is 14.6. The highest BCUT2D eigenvalue weighted by Gasteiger charge is 2.20. The average Bonchev–Trinajstić information content (AvgIpc) is 3.83. The fourth-order valence-electron chi connectivity index (χ4n) is 8.90. The minimum Gasteiger partial charge on any atom is -0.291 e. The lowest BCUT2D eigenvalue weighted by molar-refractivity contribution is 1.25. The van der Waals surface area contributed by atoms with E-state index in [1.54, 1.807) is 0 Å². The van der Waals surface area contributed by atoms with E-state index in [9.17, 15) is 5.26 Å². The van der Waals surface area contributed by atoms with Gasteiger partial charge in [-0.05, 0) is 102 Å². The lowest BCUT2D eigenvalue weighted by atomic mass is 9.91. The van der Waals surface area contributed by atoms with E-state index in [2.05, 4.69) is 162 Å². The maximum absolute atomic E-state index is 9.34. The Bertz CT molecular complexity index is 3640. The first-order chi connectivity index (χ1) is 27.7. The quantitative estimate of drug-likeness (QED) is 0.170. The molecule has 3 heterocycles. The zero-order chi connectivity index (χ0) is 36.9. The normalized spacial score (nSPS) is 11.9. The van der Waals surface area contributed by atoms with Gasteiger partial charge in [0.15, 0.2) is 5.65 Å². The van der Waals surface area contributed by atoms with Gasteiger partial charge in [0, 0.05) is 20.9 Å². The van der Waals surface area contributed by atoms with Crippen molar-refractivity contribution in [3.63, 3.8) is 0 Å². The highest BCUT2D eigenvalue weighted by atomic mass is 32.1. The number of thiophene rings is 1.